The third-order valence-corrected chi connectivity index (χ3v) is 3.48. The Morgan fingerprint density at radius 2 is 2.47 bits per heavy atom. The Morgan fingerprint density at radius 3 is 3.26 bits per heavy atom. The van der Waals surface area contributed by atoms with Crippen LogP contribution in [0.4, 0.5) is 0 Å². The lowest BCUT2D eigenvalue weighted by atomic mass is 10.2. The smallest absolute Gasteiger partial charge is 0.249 e. The molecule has 0 bridgehead atoms. The second kappa shape index (κ2) is 5.01. The van der Waals surface area contributed by atoms with E-state index < -0.39 is 0 Å². The van der Waals surface area contributed by atoms with Crippen LogP contribution in [0.1, 0.15) is 18.4 Å². The molecule has 0 saturated carbocycles. The van der Waals surface area contributed by atoms with Gasteiger partial charge in [0.25, 0.3) is 0 Å². The zero-order chi connectivity index (χ0) is 13.2. The van der Waals surface area contributed by atoms with E-state index in [2.05, 4.69) is 10.3 Å². The lowest BCUT2D eigenvalue weighted by Crippen LogP contribution is -2.33. The number of amides is 1. The van der Waals surface area contributed by atoms with Crippen molar-refractivity contribution in [2.24, 2.45) is 7.05 Å². The summed E-state index contributed by atoms with van der Waals surface area (Å²) in [7, 11) is 1.97. The van der Waals surface area contributed by atoms with Crippen LogP contribution in [-0.4, -0.2) is 28.2 Å². The van der Waals surface area contributed by atoms with Crippen molar-refractivity contribution in [1.29, 1.82) is 0 Å². The summed E-state index contributed by atoms with van der Waals surface area (Å²) in [6.07, 6.45) is 3.32. The van der Waals surface area contributed by atoms with Gasteiger partial charge in [-0.2, -0.15) is 0 Å². The summed E-state index contributed by atoms with van der Waals surface area (Å²) in [4.78, 5) is 16.1. The Kier molecular flexibility index (Phi) is 3.21. The van der Waals surface area contributed by atoms with Gasteiger partial charge in [-0.25, -0.2) is 4.98 Å². The second-order valence-corrected chi connectivity index (χ2v) is 4.90. The van der Waals surface area contributed by atoms with Crippen LogP contribution in [0.3, 0.4) is 0 Å². The first kappa shape index (κ1) is 12.2. The van der Waals surface area contributed by atoms with Crippen LogP contribution in [0.2, 0.25) is 0 Å². The summed E-state index contributed by atoms with van der Waals surface area (Å²) in [5, 5.41) is 2.91. The van der Waals surface area contributed by atoms with Gasteiger partial charge >= 0.3 is 0 Å². The molecule has 100 valence electrons. The number of fused-ring (bicyclic) bond motifs is 1. The van der Waals surface area contributed by atoms with E-state index in [1.165, 1.54) is 0 Å². The number of ether oxygens (including phenoxy) is 1. The fourth-order valence-electron chi connectivity index (χ4n) is 2.38. The molecule has 1 aliphatic heterocycles. The van der Waals surface area contributed by atoms with Crippen LogP contribution in [0.25, 0.3) is 11.0 Å². The van der Waals surface area contributed by atoms with Crippen molar-refractivity contribution >= 4 is 16.9 Å². The van der Waals surface area contributed by atoms with E-state index in [1.54, 1.807) is 6.33 Å². The maximum atomic E-state index is 11.8. The molecule has 1 aliphatic rings. The number of imidazole rings is 1. The molecule has 1 aromatic heterocycles. The zero-order valence-electron chi connectivity index (χ0n) is 10.9. The van der Waals surface area contributed by atoms with Crippen LogP contribution in [0.5, 0.6) is 0 Å². The molecular weight excluding hydrogens is 242 g/mol. The summed E-state index contributed by atoms with van der Waals surface area (Å²) in [5.74, 6) is -0.0152. The van der Waals surface area contributed by atoms with Crippen LogP contribution in [-0.2, 0) is 23.1 Å². The minimum Gasteiger partial charge on any atom is -0.368 e. The monoisotopic (exact) mass is 259 g/mol. The van der Waals surface area contributed by atoms with Crippen molar-refractivity contribution in [2.45, 2.75) is 25.5 Å². The van der Waals surface area contributed by atoms with E-state index >= 15 is 0 Å². The number of hydrogen-bond donors (Lipinski definition) is 1. The number of hydrogen-bond acceptors (Lipinski definition) is 3. The minimum absolute atomic E-state index is 0.0152. The fraction of sp³-hybridized carbons (Fsp3) is 0.429. The maximum absolute atomic E-state index is 11.8. The molecule has 5 nitrogen and oxygen atoms in total. The number of nitrogens with one attached hydrogen (secondary N) is 1. The lowest BCUT2D eigenvalue weighted by Gasteiger charge is -2.10. The van der Waals surface area contributed by atoms with E-state index in [0.717, 1.165) is 29.4 Å². The highest BCUT2D eigenvalue weighted by Crippen LogP contribution is 2.15. The molecule has 2 heterocycles. The number of aromatic nitrogens is 2. The number of aryl methyl sites for hydroxylation is 1. The summed E-state index contributed by atoms with van der Waals surface area (Å²) in [6.45, 7) is 1.21. The van der Waals surface area contributed by atoms with Gasteiger partial charge in [0.15, 0.2) is 0 Å². The zero-order valence-corrected chi connectivity index (χ0v) is 10.9. The van der Waals surface area contributed by atoms with Crippen molar-refractivity contribution in [3.05, 3.63) is 30.1 Å². The van der Waals surface area contributed by atoms with Gasteiger partial charge in [0.2, 0.25) is 5.91 Å². The molecule has 1 fully saturated rings. The molecule has 0 spiro atoms. The largest absolute Gasteiger partial charge is 0.368 e. The van der Waals surface area contributed by atoms with Gasteiger partial charge in [-0.3, -0.25) is 4.79 Å². The second-order valence-electron chi connectivity index (χ2n) is 4.90. The lowest BCUT2D eigenvalue weighted by molar-refractivity contribution is -0.130. The van der Waals surface area contributed by atoms with E-state index in [0.29, 0.717) is 13.2 Å². The third kappa shape index (κ3) is 2.46. The summed E-state index contributed by atoms with van der Waals surface area (Å²) < 4.78 is 7.33. The maximum Gasteiger partial charge on any atom is 0.249 e. The highest BCUT2D eigenvalue weighted by molar-refractivity contribution is 5.81. The molecule has 19 heavy (non-hydrogen) atoms. The molecule has 1 saturated heterocycles. The predicted molar refractivity (Wildman–Crippen MR) is 71.5 cm³/mol. The predicted octanol–water partition coefficient (Wildman–Crippen LogP) is 1.37. The minimum atomic E-state index is -0.265. The molecule has 2 aromatic rings. The van der Waals surface area contributed by atoms with Gasteiger partial charge in [-0.15, -0.1) is 0 Å². The Balaban J connectivity index is 1.66. The average molecular weight is 259 g/mol. The molecule has 0 aliphatic carbocycles. The molecule has 3 rings (SSSR count). The normalized spacial score (nSPS) is 18.9. The molecule has 1 unspecified atom stereocenters. The average Bonchev–Trinajstić information content (AvgIpc) is 3.06. The van der Waals surface area contributed by atoms with E-state index in [9.17, 15) is 4.79 Å². The van der Waals surface area contributed by atoms with Gasteiger partial charge in [-0.1, -0.05) is 6.07 Å². The summed E-state index contributed by atoms with van der Waals surface area (Å²) in [5.41, 5.74) is 3.10. The topological polar surface area (TPSA) is 56.2 Å². The van der Waals surface area contributed by atoms with Crippen LogP contribution >= 0.6 is 0 Å². The van der Waals surface area contributed by atoms with Gasteiger partial charge in [0.05, 0.1) is 17.4 Å². The SMILES string of the molecule is Cn1cnc2cc(CNC(=O)C3CCCO3)ccc21. The van der Waals surface area contributed by atoms with Crippen molar-refractivity contribution < 1.29 is 9.53 Å². The molecule has 1 aromatic carbocycles. The number of nitrogens with zero attached hydrogens (tertiary/aromatic N) is 2. The Morgan fingerprint density at radius 1 is 1.58 bits per heavy atom. The van der Waals surface area contributed by atoms with Crippen molar-refractivity contribution in [1.82, 2.24) is 14.9 Å². The fourth-order valence-corrected chi connectivity index (χ4v) is 2.38. The van der Waals surface area contributed by atoms with Gasteiger partial charge < -0.3 is 14.6 Å². The number of carbonyl (C=O) groups excluding carboxylic acids is 1. The molecule has 1 amide bonds. The van der Waals surface area contributed by atoms with Crippen LogP contribution < -0.4 is 5.32 Å². The van der Waals surface area contributed by atoms with Gasteiger partial charge in [0.1, 0.15) is 6.10 Å². The van der Waals surface area contributed by atoms with Crippen molar-refractivity contribution in [2.75, 3.05) is 6.61 Å². The summed E-state index contributed by atoms with van der Waals surface area (Å²) in [6, 6.07) is 6.04. The number of carbonyl (C=O) groups is 1. The Labute approximate surface area is 111 Å². The molecule has 1 atom stereocenters. The van der Waals surface area contributed by atoms with Gasteiger partial charge in [-0.05, 0) is 30.5 Å². The highest BCUT2D eigenvalue weighted by atomic mass is 16.5. The first-order valence-corrected chi connectivity index (χ1v) is 6.53. The first-order chi connectivity index (χ1) is 9.24. The van der Waals surface area contributed by atoms with Crippen molar-refractivity contribution in [3.8, 4) is 0 Å². The van der Waals surface area contributed by atoms with E-state index in [1.807, 2.05) is 29.8 Å². The molecule has 1 N–H and O–H groups in total. The standard InChI is InChI=1S/C14H17N3O2/c1-17-9-16-11-7-10(4-5-12(11)17)8-15-14(18)13-3-2-6-19-13/h4-5,7,9,13H,2-3,6,8H2,1H3,(H,15,18). The first-order valence-electron chi connectivity index (χ1n) is 6.53. The van der Waals surface area contributed by atoms with Crippen LogP contribution in [0.15, 0.2) is 24.5 Å². The molecule has 5 heteroatoms. The molecular formula is C14H17N3O2. The third-order valence-electron chi connectivity index (χ3n) is 3.48. The quantitative estimate of drug-likeness (QED) is 0.905. The van der Waals surface area contributed by atoms with Gasteiger partial charge in [0, 0.05) is 20.2 Å². The van der Waals surface area contributed by atoms with E-state index in [4.69, 9.17) is 4.74 Å². The summed E-state index contributed by atoms with van der Waals surface area (Å²) >= 11 is 0. The van der Waals surface area contributed by atoms with Crippen LogP contribution in [0, 0.1) is 0 Å². The van der Waals surface area contributed by atoms with E-state index in [-0.39, 0.29) is 12.0 Å². The number of rotatable bonds is 3. The number of benzene rings is 1. The van der Waals surface area contributed by atoms with Crippen molar-refractivity contribution in [3.63, 3.8) is 0 Å². The molecule has 0 radical (unpaired) electrons. The Bertz CT molecular complexity index is 600. The Hall–Kier alpha value is -1.88. The highest BCUT2D eigenvalue weighted by Gasteiger charge is 2.22.